The summed E-state index contributed by atoms with van der Waals surface area (Å²) in [5.41, 5.74) is 5.73. The number of carbonyl (C=O) groups excluding carboxylic acids is 1. The molecule has 0 spiro atoms. The standard InChI is InChI=1S/C19H29FN2O3/c1-18(2,3)25-17(23)22-10-6-9-19(12-21,13-22)11-14-7-5-8-15(24-4)16(14)20/h5,7-8H,6,9-13,21H2,1-4H3. The van der Waals surface area contributed by atoms with Crippen LogP contribution in [0.3, 0.4) is 0 Å². The zero-order valence-corrected chi connectivity index (χ0v) is 15.6. The predicted molar refractivity (Wildman–Crippen MR) is 95.2 cm³/mol. The Morgan fingerprint density at radius 2 is 2.12 bits per heavy atom. The van der Waals surface area contributed by atoms with Crippen molar-refractivity contribution in [3.05, 3.63) is 29.6 Å². The molecule has 1 amide bonds. The smallest absolute Gasteiger partial charge is 0.410 e. The Balaban J connectivity index is 2.18. The number of hydrogen-bond acceptors (Lipinski definition) is 4. The van der Waals surface area contributed by atoms with Gasteiger partial charge in [-0.1, -0.05) is 12.1 Å². The van der Waals surface area contributed by atoms with Crippen LogP contribution in [0.5, 0.6) is 5.75 Å². The molecule has 1 unspecified atom stereocenters. The van der Waals surface area contributed by atoms with E-state index in [2.05, 4.69) is 0 Å². The van der Waals surface area contributed by atoms with E-state index in [4.69, 9.17) is 15.2 Å². The summed E-state index contributed by atoms with van der Waals surface area (Å²) in [6.07, 6.45) is 1.80. The van der Waals surface area contributed by atoms with Crippen molar-refractivity contribution < 1.29 is 18.7 Å². The van der Waals surface area contributed by atoms with Crippen LogP contribution in [0.25, 0.3) is 0 Å². The van der Waals surface area contributed by atoms with Gasteiger partial charge in [-0.3, -0.25) is 0 Å². The number of nitrogens with two attached hydrogens (primary N) is 1. The lowest BCUT2D eigenvalue weighted by molar-refractivity contribution is 0.00521. The number of rotatable bonds is 4. The van der Waals surface area contributed by atoms with E-state index in [1.807, 2.05) is 20.8 Å². The second kappa shape index (κ2) is 7.60. The van der Waals surface area contributed by atoms with E-state index in [-0.39, 0.29) is 23.1 Å². The van der Waals surface area contributed by atoms with E-state index < -0.39 is 5.60 Å². The topological polar surface area (TPSA) is 64.8 Å². The molecule has 0 aliphatic carbocycles. The van der Waals surface area contributed by atoms with Crippen LogP contribution in [0.4, 0.5) is 9.18 Å². The lowest BCUT2D eigenvalue weighted by atomic mass is 9.75. The van der Waals surface area contributed by atoms with E-state index in [0.29, 0.717) is 31.6 Å². The van der Waals surface area contributed by atoms with E-state index in [9.17, 15) is 9.18 Å². The van der Waals surface area contributed by atoms with Gasteiger partial charge in [0.15, 0.2) is 11.6 Å². The summed E-state index contributed by atoms with van der Waals surface area (Å²) in [7, 11) is 1.45. The SMILES string of the molecule is COc1cccc(CC2(CN)CCCN(C(=O)OC(C)(C)C)C2)c1F. The Morgan fingerprint density at radius 1 is 1.40 bits per heavy atom. The van der Waals surface area contributed by atoms with Crippen LogP contribution in [0.1, 0.15) is 39.2 Å². The molecule has 0 bridgehead atoms. The number of halogens is 1. The molecule has 0 aromatic heterocycles. The summed E-state index contributed by atoms with van der Waals surface area (Å²) in [6.45, 7) is 7.01. The van der Waals surface area contributed by atoms with Gasteiger partial charge in [0.25, 0.3) is 0 Å². The molecule has 1 atom stereocenters. The Morgan fingerprint density at radius 3 is 2.72 bits per heavy atom. The van der Waals surface area contributed by atoms with Gasteiger partial charge in [-0.15, -0.1) is 0 Å². The lowest BCUT2D eigenvalue weighted by Crippen LogP contribution is -2.51. The molecule has 6 heteroatoms. The predicted octanol–water partition coefficient (Wildman–Crippen LogP) is 3.35. The third kappa shape index (κ3) is 4.84. The zero-order valence-electron chi connectivity index (χ0n) is 15.6. The van der Waals surface area contributed by atoms with Crippen molar-refractivity contribution in [3.8, 4) is 5.75 Å². The van der Waals surface area contributed by atoms with Crippen LogP contribution in [-0.2, 0) is 11.2 Å². The Kier molecular flexibility index (Phi) is 5.93. The molecular formula is C19H29FN2O3. The number of ether oxygens (including phenoxy) is 2. The van der Waals surface area contributed by atoms with Crippen molar-refractivity contribution in [3.63, 3.8) is 0 Å². The molecule has 2 rings (SSSR count). The highest BCUT2D eigenvalue weighted by Gasteiger charge is 2.38. The Labute approximate surface area is 149 Å². The highest BCUT2D eigenvalue weighted by atomic mass is 19.1. The molecule has 2 N–H and O–H groups in total. The third-order valence-electron chi connectivity index (χ3n) is 4.57. The maximum Gasteiger partial charge on any atom is 0.410 e. The monoisotopic (exact) mass is 352 g/mol. The summed E-state index contributed by atoms with van der Waals surface area (Å²) in [4.78, 5) is 14.1. The normalized spacial score (nSPS) is 21.1. The van der Waals surface area contributed by atoms with Crippen LogP contribution in [-0.4, -0.2) is 43.3 Å². The second-order valence-electron chi connectivity index (χ2n) is 7.82. The van der Waals surface area contributed by atoms with Crippen molar-refractivity contribution in [1.82, 2.24) is 4.90 Å². The number of piperidine rings is 1. The summed E-state index contributed by atoms with van der Waals surface area (Å²) in [5.74, 6) is -0.128. The number of likely N-dealkylation sites (tertiary alicyclic amines) is 1. The van der Waals surface area contributed by atoms with Crippen molar-refractivity contribution in [1.29, 1.82) is 0 Å². The number of amides is 1. The quantitative estimate of drug-likeness (QED) is 0.902. The van der Waals surface area contributed by atoms with E-state index in [0.717, 1.165) is 12.8 Å². The molecule has 1 aliphatic heterocycles. The summed E-state index contributed by atoms with van der Waals surface area (Å²) in [5, 5.41) is 0. The van der Waals surface area contributed by atoms with Crippen LogP contribution >= 0.6 is 0 Å². The summed E-state index contributed by atoms with van der Waals surface area (Å²) in [6, 6.07) is 5.12. The van der Waals surface area contributed by atoms with Gasteiger partial charge in [-0.25, -0.2) is 9.18 Å². The fraction of sp³-hybridized carbons (Fsp3) is 0.632. The number of nitrogens with zero attached hydrogens (tertiary/aromatic N) is 1. The first-order valence-electron chi connectivity index (χ1n) is 8.69. The first-order valence-corrected chi connectivity index (χ1v) is 8.69. The fourth-order valence-electron chi connectivity index (χ4n) is 3.33. The second-order valence-corrected chi connectivity index (χ2v) is 7.82. The van der Waals surface area contributed by atoms with Crippen molar-refractivity contribution >= 4 is 6.09 Å². The van der Waals surface area contributed by atoms with Gasteiger partial charge in [-0.05, 0) is 58.2 Å². The molecule has 140 valence electrons. The minimum absolute atomic E-state index is 0.226. The van der Waals surface area contributed by atoms with Crippen LogP contribution in [0.15, 0.2) is 18.2 Å². The molecule has 5 nitrogen and oxygen atoms in total. The molecule has 1 aromatic carbocycles. The summed E-state index contributed by atoms with van der Waals surface area (Å²) >= 11 is 0. The molecular weight excluding hydrogens is 323 g/mol. The number of carbonyl (C=O) groups is 1. The average Bonchev–Trinajstić information content (AvgIpc) is 2.55. The van der Waals surface area contributed by atoms with Crippen LogP contribution < -0.4 is 10.5 Å². The van der Waals surface area contributed by atoms with Crippen molar-refractivity contribution in [2.24, 2.45) is 11.1 Å². The number of benzene rings is 1. The molecule has 1 heterocycles. The Bertz CT molecular complexity index is 615. The van der Waals surface area contributed by atoms with Gasteiger partial charge in [0, 0.05) is 18.5 Å². The Hall–Kier alpha value is -1.82. The highest BCUT2D eigenvalue weighted by Crippen LogP contribution is 2.35. The van der Waals surface area contributed by atoms with Gasteiger partial charge >= 0.3 is 6.09 Å². The minimum Gasteiger partial charge on any atom is -0.494 e. The number of hydrogen-bond donors (Lipinski definition) is 1. The minimum atomic E-state index is -0.543. The van der Waals surface area contributed by atoms with Gasteiger partial charge in [-0.2, -0.15) is 0 Å². The summed E-state index contributed by atoms with van der Waals surface area (Å²) < 4.78 is 25.1. The van der Waals surface area contributed by atoms with Gasteiger partial charge in [0.2, 0.25) is 0 Å². The first-order chi connectivity index (χ1) is 11.7. The molecule has 0 radical (unpaired) electrons. The number of methoxy groups -OCH3 is 1. The maximum atomic E-state index is 14.5. The first kappa shape index (κ1) is 19.5. The molecule has 0 saturated carbocycles. The fourth-order valence-corrected chi connectivity index (χ4v) is 3.33. The van der Waals surface area contributed by atoms with E-state index >= 15 is 0 Å². The largest absolute Gasteiger partial charge is 0.494 e. The van der Waals surface area contributed by atoms with E-state index in [1.54, 1.807) is 23.1 Å². The lowest BCUT2D eigenvalue weighted by Gasteiger charge is -2.42. The van der Waals surface area contributed by atoms with Gasteiger partial charge in [0.05, 0.1) is 7.11 Å². The van der Waals surface area contributed by atoms with E-state index in [1.165, 1.54) is 7.11 Å². The molecule has 1 aliphatic rings. The molecule has 1 fully saturated rings. The highest BCUT2D eigenvalue weighted by molar-refractivity contribution is 5.68. The zero-order chi connectivity index (χ0) is 18.7. The maximum absolute atomic E-state index is 14.5. The average molecular weight is 352 g/mol. The van der Waals surface area contributed by atoms with Gasteiger partial charge in [0.1, 0.15) is 5.60 Å². The van der Waals surface area contributed by atoms with Crippen molar-refractivity contribution in [2.45, 2.75) is 45.6 Å². The molecule has 1 saturated heterocycles. The molecule has 25 heavy (non-hydrogen) atoms. The molecule has 1 aromatic rings. The van der Waals surface area contributed by atoms with Crippen LogP contribution in [0.2, 0.25) is 0 Å². The third-order valence-corrected chi connectivity index (χ3v) is 4.57. The van der Waals surface area contributed by atoms with Gasteiger partial charge < -0.3 is 20.1 Å². The van der Waals surface area contributed by atoms with Crippen LogP contribution in [0, 0.1) is 11.2 Å². The van der Waals surface area contributed by atoms with Crippen molar-refractivity contribution in [2.75, 3.05) is 26.7 Å².